The molecule has 0 bridgehead atoms. The van der Waals surface area contributed by atoms with E-state index < -0.39 is 65.8 Å². The summed E-state index contributed by atoms with van der Waals surface area (Å²) in [5, 5.41) is 57.2. The Balaban J connectivity index is 0.000000216. The molecule has 0 saturated carbocycles. The topological polar surface area (TPSA) is 269 Å². The second-order valence-corrected chi connectivity index (χ2v) is 15.2. The fourth-order valence-corrected chi connectivity index (χ4v) is 6.89. The summed E-state index contributed by atoms with van der Waals surface area (Å²) in [6.45, 7) is 3.83. The Morgan fingerprint density at radius 3 is 1.29 bits per heavy atom. The number of rotatable bonds is 12. The number of nitrogens with one attached hydrogen (secondary N) is 3. The molecule has 356 valence electrons. The number of carbonyl (C=O) groups excluding carboxylic acids is 2. The minimum absolute atomic E-state index is 0. The predicted octanol–water partition coefficient (Wildman–Crippen LogP) is 12.5. The highest BCUT2D eigenvalue weighted by Crippen LogP contribution is 2.38. The number of hydrogen-bond acceptors (Lipinski definition) is 12. The van der Waals surface area contributed by atoms with Gasteiger partial charge in [0.1, 0.15) is 17.1 Å². The lowest BCUT2D eigenvalue weighted by Crippen LogP contribution is -2.14. The molecule has 0 aliphatic rings. The molecule has 8 aromatic carbocycles. The minimum Gasteiger partial charge on any atom is -0.373 e. The summed E-state index contributed by atoms with van der Waals surface area (Å²) < 4.78 is 13.6. The Hall–Kier alpha value is -9.49. The summed E-state index contributed by atoms with van der Waals surface area (Å²) in [5.41, 5.74) is 5.00. The minimum atomic E-state index is -1.28. The third kappa shape index (κ3) is 12.9. The van der Waals surface area contributed by atoms with Crippen LogP contribution in [0, 0.1) is 46.3 Å². The molecule has 8 rings (SSSR count). The number of nitrogens with zero attached hydrogens (tertiary/aromatic N) is 4. The second kappa shape index (κ2) is 23.3. The number of hydrogen-bond donors (Lipinski definition) is 4. The van der Waals surface area contributed by atoms with Gasteiger partial charge in [-0.15, -0.1) is 0 Å². The van der Waals surface area contributed by atoms with Gasteiger partial charge in [0.05, 0.1) is 31.8 Å². The number of anilines is 3. The zero-order chi connectivity index (χ0) is 49.8. The van der Waals surface area contributed by atoms with Gasteiger partial charge in [-0.05, 0) is 89.0 Å². The van der Waals surface area contributed by atoms with Crippen molar-refractivity contribution in [3.63, 3.8) is 0 Å². The first-order valence-corrected chi connectivity index (χ1v) is 20.8. The number of nitro benzene ring substituents is 4. The Kier molecular flexibility index (Phi) is 17.1. The van der Waals surface area contributed by atoms with Crippen LogP contribution in [0.2, 0.25) is 0 Å². The SMILES string of the molecule is C.CC(N)c1ccc2ccccc2c1.CC(Nc1cc(NC(=O)c2ccccc2)c([N+](=O)[O-])cc1[N+](=O)[O-])c1ccc2ccccc2c1.O=C(Nc1cc(F)c([N+](=O)[O-])cc1[N+](=O)[O-])c1ccccc1. The number of carbonyl (C=O) groups is 2. The van der Waals surface area contributed by atoms with Crippen LogP contribution in [0.4, 0.5) is 44.2 Å². The largest absolute Gasteiger partial charge is 0.373 e. The highest BCUT2D eigenvalue weighted by molar-refractivity contribution is 6.06. The zero-order valence-electron chi connectivity index (χ0n) is 36.6. The quantitative estimate of drug-likeness (QED) is 0.0658. The van der Waals surface area contributed by atoms with Crippen LogP contribution in [0.15, 0.2) is 170 Å². The van der Waals surface area contributed by atoms with Gasteiger partial charge >= 0.3 is 5.69 Å². The van der Waals surface area contributed by atoms with Gasteiger partial charge in [0.2, 0.25) is 5.82 Å². The van der Waals surface area contributed by atoms with E-state index in [0.29, 0.717) is 17.7 Å². The molecule has 5 N–H and O–H groups in total. The van der Waals surface area contributed by atoms with Crippen molar-refractivity contribution >= 4 is 73.2 Å². The Morgan fingerprint density at radius 2 is 0.843 bits per heavy atom. The molecule has 0 aliphatic heterocycles. The maximum absolute atomic E-state index is 13.6. The van der Waals surface area contributed by atoms with Crippen LogP contribution in [0.5, 0.6) is 0 Å². The lowest BCUT2D eigenvalue weighted by atomic mass is 10.0. The van der Waals surface area contributed by atoms with Crippen LogP contribution >= 0.6 is 0 Å². The van der Waals surface area contributed by atoms with E-state index in [1.165, 1.54) is 34.5 Å². The molecule has 0 heterocycles. The van der Waals surface area contributed by atoms with Crippen LogP contribution in [0.1, 0.15) is 65.2 Å². The molecule has 70 heavy (non-hydrogen) atoms. The normalized spacial score (nSPS) is 11.2. The number of amides is 2. The number of nitrogens with two attached hydrogens (primary N) is 1. The average molecular weight is 949 g/mol. The molecule has 0 saturated heterocycles. The summed E-state index contributed by atoms with van der Waals surface area (Å²) >= 11 is 0. The van der Waals surface area contributed by atoms with Crippen molar-refractivity contribution in [3.05, 3.63) is 238 Å². The third-order valence-corrected chi connectivity index (χ3v) is 10.5. The summed E-state index contributed by atoms with van der Waals surface area (Å²) in [4.78, 5) is 65.9. The summed E-state index contributed by atoms with van der Waals surface area (Å²) in [6.07, 6.45) is 0. The molecule has 0 aliphatic carbocycles. The predicted molar refractivity (Wildman–Crippen MR) is 268 cm³/mol. The van der Waals surface area contributed by atoms with Crippen LogP contribution in [-0.4, -0.2) is 31.5 Å². The molecule has 8 aromatic rings. The number of fused-ring (bicyclic) bond motifs is 2. The monoisotopic (exact) mass is 948 g/mol. The van der Waals surface area contributed by atoms with Gasteiger partial charge in [-0.25, -0.2) is 0 Å². The molecule has 0 aromatic heterocycles. The molecule has 2 atom stereocenters. The van der Waals surface area contributed by atoms with Crippen molar-refractivity contribution < 1.29 is 33.7 Å². The van der Waals surface area contributed by atoms with Crippen molar-refractivity contribution in [2.75, 3.05) is 16.0 Å². The number of benzene rings is 8. The first-order valence-electron chi connectivity index (χ1n) is 20.8. The standard InChI is InChI=1S/C25H20N4O5.C13H8FN3O5.C12H13N.CH4/c1-16(19-12-11-17-7-5-6-10-20(17)13-19)26-21-14-22(24(29(33)34)15-23(21)28(31)32)27-25(30)18-8-3-2-4-9-18;14-9-6-10(12(17(21)22)7-11(9)16(19)20)15-13(18)8-4-2-1-3-5-8;1-9(13)11-7-6-10-4-2-3-5-12(10)8-11;/h2-16,26H,1H3,(H,27,30);1-7H,(H,15,18);2-9H,13H2,1H3;1H4. The third-order valence-electron chi connectivity index (χ3n) is 10.5. The van der Waals surface area contributed by atoms with E-state index in [0.717, 1.165) is 22.4 Å². The average Bonchev–Trinajstić information content (AvgIpc) is 3.34. The van der Waals surface area contributed by atoms with Crippen molar-refractivity contribution in [1.82, 2.24) is 0 Å². The van der Waals surface area contributed by atoms with E-state index in [2.05, 4.69) is 46.3 Å². The molecule has 0 fully saturated rings. The first-order chi connectivity index (χ1) is 33.0. The molecule has 19 heteroatoms. The van der Waals surface area contributed by atoms with Crippen molar-refractivity contribution in [2.24, 2.45) is 5.73 Å². The fourth-order valence-electron chi connectivity index (χ4n) is 6.89. The summed E-state index contributed by atoms with van der Waals surface area (Å²) in [6, 6.07) is 47.2. The Morgan fingerprint density at radius 1 is 0.471 bits per heavy atom. The van der Waals surface area contributed by atoms with Gasteiger partial charge in [-0.3, -0.25) is 50.0 Å². The molecule has 2 amide bonds. The smallest absolute Gasteiger partial charge is 0.311 e. The highest BCUT2D eigenvalue weighted by Gasteiger charge is 2.28. The lowest BCUT2D eigenvalue weighted by molar-refractivity contribution is -0.395. The maximum Gasteiger partial charge on any atom is 0.311 e. The highest BCUT2D eigenvalue weighted by atomic mass is 19.1. The van der Waals surface area contributed by atoms with Gasteiger partial charge in [-0.2, -0.15) is 4.39 Å². The first kappa shape index (κ1) is 51.5. The molecule has 0 radical (unpaired) electrons. The zero-order valence-corrected chi connectivity index (χ0v) is 36.6. The van der Waals surface area contributed by atoms with E-state index in [9.17, 15) is 54.4 Å². The van der Waals surface area contributed by atoms with Crippen LogP contribution in [0.25, 0.3) is 21.5 Å². The molecule has 2 unspecified atom stereocenters. The molecular weight excluding hydrogens is 904 g/mol. The van der Waals surface area contributed by atoms with Gasteiger partial charge in [0, 0.05) is 29.3 Å². The van der Waals surface area contributed by atoms with Crippen LogP contribution in [-0.2, 0) is 0 Å². The molecule has 0 spiro atoms. The summed E-state index contributed by atoms with van der Waals surface area (Å²) in [7, 11) is 0. The van der Waals surface area contributed by atoms with Crippen LogP contribution in [0.3, 0.4) is 0 Å². The van der Waals surface area contributed by atoms with Crippen molar-refractivity contribution in [3.8, 4) is 0 Å². The van der Waals surface area contributed by atoms with E-state index >= 15 is 0 Å². The molecule has 18 nitrogen and oxygen atoms in total. The van der Waals surface area contributed by atoms with E-state index in [1.807, 2.05) is 68.4 Å². The fraction of sp³-hybridized carbons (Fsp3) is 0.0980. The van der Waals surface area contributed by atoms with Crippen molar-refractivity contribution in [1.29, 1.82) is 0 Å². The molecular formula is C51H45FN8O10. The van der Waals surface area contributed by atoms with Crippen molar-refractivity contribution in [2.45, 2.75) is 33.4 Å². The van der Waals surface area contributed by atoms with E-state index in [-0.39, 0.29) is 36.4 Å². The number of halogens is 1. The van der Waals surface area contributed by atoms with E-state index in [4.69, 9.17) is 5.73 Å². The van der Waals surface area contributed by atoms with Gasteiger partial charge < -0.3 is 21.7 Å². The van der Waals surface area contributed by atoms with Gasteiger partial charge in [0.25, 0.3) is 28.9 Å². The second-order valence-electron chi connectivity index (χ2n) is 15.2. The van der Waals surface area contributed by atoms with E-state index in [1.54, 1.807) is 48.5 Å². The summed E-state index contributed by atoms with van der Waals surface area (Å²) in [5.74, 6) is -2.54. The lowest BCUT2D eigenvalue weighted by Gasteiger charge is -2.17. The maximum atomic E-state index is 13.6. The Labute approximate surface area is 399 Å². The van der Waals surface area contributed by atoms with Gasteiger partial charge in [-0.1, -0.05) is 117 Å². The van der Waals surface area contributed by atoms with Gasteiger partial charge in [0.15, 0.2) is 0 Å². The van der Waals surface area contributed by atoms with Crippen LogP contribution < -0.4 is 21.7 Å². The number of nitro groups is 4. The Bertz CT molecular complexity index is 3230.